The summed E-state index contributed by atoms with van der Waals surface area (Å²) in [6, 6.07) is 15.9. The molecule has 0 bridgehead atoms. The standard InChI is InChI=1S/C18H24N2/c1-20-13-5-8-15(20)11-12-18(19)17-10-4-7-14-6-2-3-9-16(14)17/h2-4,6-7,9-10,15,18H,5,8,11-13,19H2,1H3. The third-order valence-corrected chi connectivity index (χ3v) is 4.71. The zero-order chi connectivity index (χ0) is 13.9. The van der Waals surface area contributed by atoms with Crippen LogP contribution in [0, 0.1) is 0 Å². The smallest absolute Gasteiger partial charge is 0.0301 e. The van der Waals surface area contributed by atoms with Crippen molar-refractivity contribution in [2.45, 2.75) is 37.8 Å². The second-order valence-electron chi connectivity index (χ2n) is 6.03. The molecule has 2 aromatic rings. The molecule has 106 valence electrons. The Morgan fingerprint density at radius 1 is 1.20 bits per heavy atom. The first kappa shape index (κ1) is 13.6. The molecule has 2 unspecified atom stereocenters. The first-order chi connectivity index (χ1) is 9.75. The third kappa shape index (κ3) is 2.72. The van der Waals surface area contributed by atoms with E-state index in [1.165, 1.54) is 42.1 Å². The Bertz CT molecular complexity index is 573. The largest absolute Gasteiger partial charge is 0.324 e. The average Bonchev–Trinajstić information content (AvgIpc) is 2.89. The summed E-state index contributed by atoms with van der Waals surface area (Å²) < 4.78 is 0. The van der Waals surface area contributed by atoms with E-state index >= 15 is 0 Å². The molecule has 2 N–H and O–H groups in total. The molecule has 2 nitrogen and oxygen atoms in total. The van der Waals surface area contributed by atoms with Gasteiger partial charge < -0.3 is 10.6 Å². The van der Waals surface area contributed by atoms with Gasteiger partial charge in [0.05, 0.1) is 0 Å². The molecule has 0 radical (unpaired) electrons. The summed E-state index contributed by atoms with van der Waals surface area (Å²) >= 11 is 0. The molecule has 20 heavy (non-hydrogen) atoms. The molecule has 2 heteroatoms. The number of nitrogens with zero attached hydrogens (tertiary/aromatic N) is 1. The van der Waals surface area contributed by atoms with E-state index in [0.29, 0.717) is 0 Å². The van der Waals surface area contributed by atoms with E-state index in [4.69, 9.17) is 5.73 Å². The van der Waals surface area contributed by atoms with Gasteiger partial charge in [-0.05, 0) is 55.6 Å². The molecule has 2 aromatic carbocycles. The number of hydrogen-bond acceptors (Lipinski definition) is 2. The highest BCUT2D eigenvalue weighted by atomic mass is 15.1. The van der Waals surface area contributed by atoms with Crippen LogP contribution in [-0.4, -0.2) is 24.5 Å². The molecule has 1 aliphatic heterocycles. The highest BCUT2D eigenvalue weighted by molar-refractivity contribution is 5.86. The van der Waals surface area contributed by atoms with E-state index in [0.717, 1.165) is 12.5 Å². The fraction of sp³-hybridized carbons (Fsp3) is 0.444. The maximum Gasteiger partial charge on any atom is 0.0301 e. The number of hydrogen-bond donors (Lipinski definition) is 1. The molecular formula is C18H24N2. The lowest BCUT2D eigenvalue weighted by molar-refractivity contribution is 0.286. The van der Waals surface area contributed by atoms with Gasteiger partial charge in [-0.15, -0.1) is 0 Å². The quantitative estimate of drug-likeness (QED) is 0.916. The van der Waals surface area contributed by atoms with Gasteiger partial charge in [-0.25, -0.2) is 0 Å². The monoisotopic (exact) mass is 268 g/mol. The van der Waals surface area contributed by atoms with Gasteiger partial charge in [0.25, 0.3) is 0 Å². The topological polar surface area (TPSA) is 29.3 Å². The molecule has 1 aliphatic rings. The summed E-state index contributed by atoms with van der Waals surface area (Å²) in [5.41, 5.74) is 7.76. The Labute approximate surface area is 121 Å². The minimum absolute atomic E-state index is 0.148. The maximum atomic E-state index is 6.47. The molecule has 2 atom stereocenters. The SMILES string of the molecule is CN1CCCC1CCC(N)c1cccc2ccccc12. The van der Waals surface area contributed by atoms with Crippen LogP contribution in [-0.2, 0) is 0 Å². The zero-order valence-corrected chi connectivity index (χ0v) is 12.3. The fourth-order valence-corrected chi connectivity index (χ4v) is 3.45. The number of rotatable bonds is 4. The molecule has 0 spiro atoms. The second kappa shape index (κ2) is 5.94. The number of benzene rings is 2. The Morgan fingerprint density at radius 3 is 2.80 bits per heavy atom. The Balaban J connectivity index is 1.73. The van der Waals surface area contributed by atoms with Gasteiger partial charge in [0.2, 0.25) is 0 Å². The van der Waals surface area contributed by atoms with E-state index in [1.807, 2.05) is 0 Å². The molecule has 0 aromatic heterocycles. The van der Waals surface area contributed by atoms with Crippen molar-refractivity contribution in [1.82, 2.24) is 4.90 Å². The summed E-state index contributed by atoms with van der Waals surface area (Å²) in [7, 11) is 2.24. The highest BCUT2D eigenvalue weighted by Crippen LogP contribution is 2.28. The van der Waals surface area contributed by atoms with Crippen molar-refractivity contribution in [3.63, 3.8) is 0 Å². The van der Waals surface area contributed by atoms with Crippen LogP contribution in [0.3, 0.4) is 0 Å². The van der Waals surface area contributed by atoms with Gasteiger partial charge in [0.1, 0.15) is 0 Å². The van der Waals surface area contributed by atoms with Crippen molar-refractivity contribution < 1.29 is 0 Å². The van der Waals surface area contributed by atoms with Crippen molar-refractivity contribution in [3.8, 4) is 0 Å². The molecule has 1 fully saturated rings. The van der Waals surface area contributed by atoms with Gasteiger partial charge >= 0.3 is 0 Å². The highest BCUT2D eigenvalue weighted by Gasteiger charge is 2.21. The van der Waals surface area contributed by atoms with E-state index in [-0.39, 0.29) is 6.04 Å². The van der Waals surface area contributed by atoms with Crippen LogP contribution in [0.5, 0.6) is 0 Å². The summed E-state index contributed by atoms with van der Waals surface area (Å²) in [5.74, 6) is 0. The van der Waals surface area contributed by atoms with Gasteiger partial charge in [0, 0.05) is 12.1 Å². The first-order valence-corrected chi connectivity index (χ1v) is 7.69. The Morgan fingerprint density at radius 2 is 2.00 bits per heavy atom. The predicted molar refractivity (Wildman–Crippen MR) is 85.8 cm³/mol. The van der Waals surface area contributed by atoms with Crippen LogP contribution in [0.25, 0.3) is 10.8 Å². The average molecular weight is 268 g/mol. The van der Waals surface area contributed by atoms with Gasteiger partial charge in [0.15, 0.2) is 0 Å². The van der Waals surface area contributed by atoms with Crippen LogP contribution in [0.4, 0.5) is 0 Å². The summed E-state index contributed by atoms with van der Waals surface area (Å²) in [5, 5.41) is 2.60. The van der Waals surface area contributed by atoms with Crippen molar-refractivity contribution in [2.24, 2.45) is 5.73 Å². The van der Waals surface area contributed by atoms with E-state index < -0.39 is 0 Å². The van der Waals surface area contributed by atoms with Crippen LogP contribution < -0.4 is 5.73 Å². The lowest BCUT2D eigenvalue weighted by atomic mass is 9.94. The molecular weight excluding hydrogens is 244 g/mol. The summed E-state index contributed by atoms with van der Waals surface area (Å²) in [6.45, 7) is 1.24. The van der Waals surface area contributed by atoms with Crippen molar-refractivity contribution in [1.29, 1.82) is 0 Å². The molecule has 3 rings (SSSR count). The lowest BCUT2D eigenvalue weighted by Gasteiger charge is -2.22. The molecule has 0 amide bonds. The van der Waals surface area contributed by atoms with Crippen LogP contribution in [0.15, 0.2) is 42.5 Å². The predicted octanol–water partition coefficient (Wildman–Crippen LogP) is 3.71. The normalized spacial score (nSPS) is 21.4. The zero-order valence-electron chi connectivity index (χ0n) is 12.3. The van der Waals surface area contributed by atoms with E-state index in [9.17, 15) is 0 Å². The van der Waals surface area contributed by atoms with Crippen LogP contribution >= 0.6 is 0 Å². The minimum atomic E-state index is 0.148. The van der Waals surface area contributed by atoms with Crippen molar-refractivity contribution in [3.05, 3.63) is 48.0 Å². The number of fused-ring (bicyclic) bond motifs is 1. The Kier molecular flexibility index (Phi) is 4.04. The number of nitrogens with two attached hydrogens (primary N) is 1. The van der Waals surface area contributed by atoms with E-state index in [2.05, 4.69) is 54.4 Å². The molecule has 1 saturated heterocycles. The maximum absolute atomic E-state index is 6.47. The molecule has 1 heterocycles. The second-order valence-corrected chi connectivity index (χ2v) is 6.03. The first-order valence-electron chi connectivity index (χ1n) is 7.69. The third-order valence-electron chi connectivity index (χ3n) is 4.71. The minimum Gasteiger partial charge on any atom is -0.324 e. The van der Waals surface area contributed by atoms with Crippen molar-refractivity contribution in [2.75, 3.05) is 13.6 Å². The van der Waals surface area contributed by atoms with Gasteiger partial charge in [-0.3, -0.25) is 0 Å². The molecule has 0 aliphatic carbocycles. The van der Waals surface area contributed by atoms with Gasteiger partial charge in [-0.1, -0.05) is 42.5 Å². The van der Waals surface area contributed by atoms with Crippen molar-refractivity contribution >= 4 is 10.8 Å². The van der Waals surface area contributed by atoms with Crippen LogP contribution in [0.2, 0.25) is 0 Å². The lowest BCUT2D eigenvalue weighted by Crippen LogP contribution is -2.26. The fourth-order valence-electron chi connectivity index (χ4n) is 3.45. The number of likely N-dealkylation sites (tertiary alicyclic amines) is 1. The molecule has 0 saturated carbocycles. The Hall–Kier alpha value is -1.38. The van der Waals surface area contributed by atoms with Crippen LogP contribution in [0.1, 0.15) is 37.3 Å². The summed E-state index contributed by atoms with van der Waals surface area (Å²) in [4.78, 5) is 2.48. The van der Waals surface area contributed by atoms with E-state index in [1.54, 1.807) is 0 Å². The summed E-state index contributed by atoms with van der Waals surface area (Å²) in [6.07, 6.45) is 4.95. The van der Waals surface area contributed by atoms with Gasteiger partial charge in [-0.2, -0.15) is 0 Å².